The van der Waals surface area contributed by atoms with Gasteiger partial charge >= 0.3 is 0 Å². The molecule has 88 valence electrons. The molecule has 1 N–H and O–H groups in total. The first-order valence-corrected chi connectivity index (χ1v) is 5.37. The normalized spacial score (nSPS) is 10.7. The molecule has 0 aliphatic rings. The third-order valence-corrected chi connectivity index (χ3v) is 2.67. The highest BCUT2D eigenvalue weighted by Crippen LogP contribution is 2.22. The van der Waals surface area contributed by atoms with E-state index in [2.05, 4.69) is 10.2 Å². The molecule has 3 rings (SSSR count). The van der Waals surface area contributed by atoms with Crippen molar-refractivity contribution in [1.82, 2.24) is 14.6 Å². The number of pyridine rings is 1. The zero-order valence-electron chi connectivity index (χ0n) is 9.32. The number of fused-ring (bicyclic) bond motifs is 1. The van der Waals surface area contributed by atoms with Crippen LogP contribution in [0.3, 0.4) is 0 Å². The number of hydrogen-bond donors (Lipinski definition) is 1. The molecule has 0 amide bonds. The predicted octanol–water partition coefficient (Wildman–Crippen LogP) is 1.91. The van der Waals surface area contributed by atoms with Crippen LogP contribution < -0.4 is 0 Å². The molecule has 2 heterocycles. The fourth-order valence-corrected chi connectivity index (χ4v) is 1.82. The van der Waals surface area contributed by atoms with Crippen LogP contribution in [-0.2, 0) is 0 Å². The van der Waals surface area contributed by atoms with Gasteiger partial charge in [-0.15, -0.1) is 10.2 Å². The summed E-state index contributed by atoms with van der Waals surface area (Å²) in [5.41, 5.74) is 1.91. The molecule has 0 radical (unpaired) electrons. The zero-order valence-corrected chi connectivity index (χ0v) is 9.32. The highest BCUT2D eigenvalue weighted by atomic mass is 16.3. The minimum absolute atomic E-state index is 0.175. The van der Waals surface area contributed by atoms with Crippen molar-refractivity contribution in [3.8, 4) is 17.1 Å². The standard InChI is InChI=1S/C13H9N3O2/c17-8-9-4-5-16-12(6-9)14-15-13(16)10-2-1-3-11(18)7-10/h1-8,18H. The van der Waals surface area contributed by atoms with Gasteiger partial charge in [0.15, 0.2) is 11.5 Å². The lowest BCUT2D eigenvalue weighted by Crippen LogP contribution is -1.90. The topological polar surface area (TPSA) is 67.5 Å². The maximum Gasteiger partial charge on any atom is 0.168 e. The van der Waals surface area contributed by atoms with Crippen molar-refractivity contribution in [2.24, 2.45) is 0 Å². The van der Waals surface area contributed by atoms with Gasteiger partial charge in [0.05, 0.1) is 0 Å². The number of benzene rings is 1. The van der Waals surface area contributed by atoms with Crippen LogP contribution in [0, 0.1) is 0 Å². The molecule has 0 saturated heterocycles. The lowest BCUT2D eigenvalue weighted by Gasteiger charge is -2.00. The third kappa shape index (κ3) is 1.62. The number of aromatic hydroxyl groups is 1. The quantitative estimate of drug-likeness (QED) is 0.694. The van der Waals surface area contributed by atoms with E-state index < -0.39 is 0 Å². The molecular formula is C13H9N3O2. The molecule has 5 heteroatoms. The first kappa shape index (κ1) is 10.5. The Balaban J connectivity index is 2.21. The Hall–Kier alpha value is -2.69. The summed E-state index contributed by atoms with van der Waals surface area (Å²) < 4.78 is 1.77. The van der Waals surface area contributed by atoms with Crippen molar-refractivity contribution in [3.63, 3.8) is 0 Å². The minimum Gasteiger partial charge on any atom is -0.508 e. The smallest absolute Gasteiger partial charge is 0.168 e. The Morgan fingerprint density at radius 1 is 1.17 bits per heavy atom. The Morgan fingerprint density at radius 3 is 2.83 bits per heavy atom. The van der Waals surface area contributed by atoms with Gasteiger partial charge in [-0.3, -0.25) is 9.20 Å². The summed E-state index contributed by atoms with van der Waals surface area (Å²) in [6.45, 7) is 0. The zero-order chi connectivity index (χ0) is 12.5. The largest absolute Gasteiger partial charge is 0.508 e. The van der Waals surface area contributed by atoms with Gasteiger partial charge in [-0.2, -0.15) is 0 Å². The number of carbonyl (C=O) groups is 1. The van der Waals surface area contributed by atoms with E-state index in [1.807, 2.05) is 6.07 Å². The fourth-order valence-electron chi connectivity index (χ4n) is 1.82. The number of hydrogen-bond acceptors (Lipinski definition) is 4. The van der Waals surface area contributed by atoms with E-state index in [0.29, 0.717) is 17.0 Å². The maximum atomic E-state index is 10.7. The van der Waals surface area contributed by atoms with Gasteiger partial charge in [0.2, 0.25) is 0 Å². The van der Waals surface area contributed by atoms with Gasteiger partial charge in [0.25, 0.3) is 0 Å². The van der Waals surface area contributed by atoms with Crippen LogP contribution in [0.25, 0.3) is 17.0 Å². The lowest BCUT2D eigenvalue weighted by atomic mass is 10.2. The Kier molecular flexibility index (Phi) is 2.30. The van der Waals surface area contributed by atoms with Gasteiger partial charge in [-0.05, 0) is 24.3 Å². The number of aromatic nitrogens is 3. The Bertz CT molecular complexity index is 734. The molecule has 0 spiro atoms. The third-order valence-electron chi connectivity index (χ3n) is 2.67. The van der Waals surface area contributed by atoms with E-state index in [9.17, 15) is 9.90 Å². The van der Waals surface area contributed by atoms with Crippen LogP contribution in [0.1, 0.15) is 10.4 Å². The van der Waals surface area contributed by atoms with Gasteiger partial charge in [0.1, 0.15) is 12.0 Å². The molecule has 18 heavy (non-hydrogen) atoms. The maximum absolute atomic E-state index is 10.7. The second-order valence-electron chi connectivity index (χ2n) is 3.88. The summed E-state index contributed by atoms with van der Waals surface area (Å²) in [6, 6.07) is 10.1. The van der Waals surface area contributed by atoms with Crippen molar-refractivity contribution >= 4 is 11.9 Å². The molecule has 2 aromatic heterocycles. The summed E-state index contributed by atoms with van der Waals surface area (Å²) in [7, 11) is 0. The predicted molar refractivity (Wildman–Crippen MR) is 65.5 cm³/mol. The van der Waals surface area contributed by atoms with Crippen LogP contribution in [-0.4, -0.2) is 26.0 Å². The molecule has 0 fully saturated rings. The first-order chi connectivity index (χ1) is 8.78. The number of phenols is 1. The van der Waals surface area contributed by atoms with Crippen molar-refractivity contribution in [2.75, 3.05) is 0 Å². The molecule has 1 aromatic carbocycles. The van der Waals surface area contributed by atoms with Crippen LogP contribution >= 0.6 is 0 Å². The molecule has 0 aliphatic heterocycles. The van der Waals surface area contributed by atoms with Crippen molar-refractivity contribution in [3.05, 3.63) is 48.2 Å². The molecule has 0 saturated carbocycles. The summed E-state index contributed by atoms with van der Waals surface area (Å²) in [5, 5.41) is 17.5. The average Bonchev–Trinajstić information content (AvgIpc) is 2.81. The van der Waals surface area contributed by atoms with E-state index in [1.165, 1.54) is 0 Å². The number of carbonyl (C=O) groups excluding carboxylic acids is 1. The van der Waals surface area contributed by atoms with Crippen molar-refractivity contribution in [1.29, 1.82) is 0 Å². The minimum atomic E-state index is 0.175. The van der Waals surface area contributed by atoms with Crippen LogP contribution in [0.2, 0.25) is 0 Å². The monoisotopic (exact) mass is 239 g/mol. The van der Waals surface area contributed by atoms with Gasteiger partial charge in [0, 0.05) is 17.3 Å². The van der Waals surface area contributed by atoms with Gasteiger partial charge in [-0.25, -0.2) is 0 Å². The molecule has 0 bridgehead atoms. The van der Waals surface area contributed by atoms with E-state index in [0.717, 1.165) is 11.8 Å². The summed E-state index contributed by atoms with van der Waals surface area (Å²) in [6.07, 6.45) is 2.50. The van der Waals surface area contributed by atoms with Gasteiger partial charge < -0.3 is 5.11 Å². The molecule has 5 nitrogen and oxygen atoms in total. The summed E-state index contributed by atoms with van der Waals surface area (Å²) >= 11 is 0. The van der Waals surface area contributed by atoms with Crippen molar-refractivity contribution < 1.29 is 9.90 Å². The fraction of sp³-hybridized carbons (Fsp3) is 0. The summed E-state index contributed by atoms with van der Waals surface area (Å²) in [4.78, 5) is 10.7. The lowest BCUT2D eigenvalue weighted by molar-refractivity contribution is 0.112. The summed E-state index contributed by atoms with van der Waals surface area (Å²) in [5.74, 6) is 0.798. The van der Waals surface area contributed by atoms with E-state index in [1.54, 1.807) is 40.9 Å². The number of nitrogens with zero attached hydrogens (tertiary/aromatic N) is 3. The van der Waals surface area contributed by atoms with Crippen LogP contribution in [0.5, 0.6) is 5.75 Å². The number of aldehydes is 1. The van der Waals surface area contributed by atoms with Crippen LogP contribution in [0.4, 0.5) is 0 Å². The number of rotatable bonds is 2. The second kappa shape index (κ2) is 3.96. The SMILES string of the molecule is O=Cc1ccn2c(-c3cccc(O)c3)nnc2c1. The van der Waals surface area contributed by atoms with Crippen LogP contribution in [0.15, 0.2) is 42.6 Å². The van der Waals surface area contributed by atoms with E-state index in [4.69, 9.17) is 0 Å². The number of phenolic OH excluding ortho intramolecular Hbond substituents is 1. The Morgan fingerprint density at radius 2 is 2.06 bits per heavy atom. The molecule has 3 aromatic rings. The first-order valence-electron chi connectivity index (χ1n) is 5.37. The molecule has 0 aliphatic carbocycles. The molecule has 0 unspecified atom stereocenters. The highest BCUT2D eigenvalue weighted by Gasteiger charge is 2.08. The van der Waals surface area contributed by atoms with Gasteiger partial charge in [-0.1, -0.05) is 12.1 Å². The average molecular weight is 239 g/mol. The molecule has 0 atom stereocenters. The van der Waals surface area contributed by atoms with E-state index in [-0.39, 0.29) is 5.75 Å². The molecular weight excluding hydrogens is 230 g/mol. The second-order valence-corrected chi connectivity index (χ2v) is 3.88. The Labute approximate surface area is 102 Å². The highest BCUT2D eigenvalue weighted by molar-refractivity contribution is 5.77. The van der Waals surface area contributed by atoms with E-state index >= 15 is 0 Å². The van der Waals surface area contributed by atoms with Crippen molar-refractivity contribution in [2.45, 2.75) is 0 Å².